The highest BCUT2D eigenvalue weighted by Crippen LogP contribution is 2.30. The van der Waals surface area contributed by atoms with Gasteiger partial charge in [-0.05, 0) is 31.2 Å². The summed E-state index contributed by atoms with van der Waals surface area (Å²) in [5, 5.41) is 0.993. The smallest absolute Gasteiger partial charge is 0.334 e. The van der Waals surface area contributed by atoms with Crippen LogP contribution in [-0.4, -0.2) is 12.6 Å². The van der Waals surface area contributed by atoms with Crippen molar-refractivity contribution in [2.75, 3.05) is 6.61 Å². The summed E-state index contributed by atoms with van der Waals surface area (Å²) >= 11 is 3.42. The number of furan rings is 1. The minimum atomic E-state index is -0.378. The molecule has 0 radical (unpaired) electrons. The van der Waals surface area contributed by atoms with Crippen LogP contribution in [0.4, 0.5) is 0 Å². The molecule has 1 aromatic heterocycles. The van der Waals surface area contributed by atoms with E-state index in [-0.39, 0.29) is 11.9 Å². The van der Waals surface area contributed by atoms with Crippen molar-refractivity contribution in [1.82, 2.24) is 0 Å². The van der Waals surface area contributed by atoms with Gasteiger partial charge in [-0.1, -0.05) is 29.4 Å². The lowest BCUT2D eigenvalue weighted by molar-refractivity contribution is -0.138. The summed E-state index contributed by atoms with van der Waals surface area (Å²) in [5.41, 5.74) is 1.20. The summed E-state index contributed by atoms with van der Waals surface area (Å²) in [4.78, 5) is 11.7. The van der Waals surface area contributed by atoms with Crippen LogP contribution in [0.5, 0.6) is 0 Å². The molecule has 4 heteroatoms. The predicted octanol–water partition coefficient (Wildman–Crippen LogP) is 4.42. The number of esters is 1. The number of rotatable bonds is 4. The molecule has 0 unspecified atom stereocenters. The van der Waals surface area contributed by atoms with Crippen LogP contribution in [0.1, 0.15) is 25.5 Å². The van der Waals surface area contributed by atoms with Gasteiger partial charge in [0, 0.05) is 21.3 Å². The maximum absolute atomic E-state index is 11.7. The van der Waals surface area contributed by atoms with Gasteiger partial charge in [0.2, 0.25) is 0 Å². The molecule has 0 spiro atoms. The summed E-state index contributed by atoms with van der Waals surface area (Å²) < 4.78 is 11.7. The molecule has 2 rings (SSSR count). The van der Waals surface area contributed by atoms with E-state index in [0.717, 1.165) is 15.4 Å². The van der Waals surface area contributed by atoms with Crippen LogP contribution in [0.2, 0.25) is 0 Å². The number of carbonyl (C=O) groups is 1. The first kappa shape index (κ1) is 13.9. The van der Waals surface area contributed by atoms with Gasteiger partial charge in [0.15, 0.2) is 0 Å². The largest absolute Gasteiger partial charge is 0.463 e. The highest BCUT2D eigenvalue weighted by atomic mass is 79.9. The maximum Gasteiger partial charge on any atom is 0.334 e. The Labute approximate surface area is 120 Å². The van der Waals surface area contributed by atoms with Gasteiger partial charge in [-0.3, -0.25) is 0 Å². The Morgan fingerprint density at radius 1 is 1.47 bits per heavy atom. The van der Waals surface area contributed by atoms with Crippen molar-refractivity contribution in [2.45, 2.75) is 19.8 Å². The Bertz CT molecular complexity index is 627. The van der Waals surface area contributed by atoms with Crippen molar-refractivity contribution in [3.63, 3.8) is 0 Å². The van der Waals surface area contributed by atoms with E-state index in [4.69, 9.17) is 9.15 Å². The minimum absolute atomic E-state index is 0.203. The van der Waals surface area contributed by atoms with E-state index in [9.17, 15) is 4.79 Å². The zero-order chi connectivity index (χ0) is 14.0. The molecule has 1 heterocycles. The second-order valence-electron chi connectivity index (χ2n) is 4.30. The number of ether oxygens (including phenoxy) is 1. The molecule has 100 valence electrons. The number of fused-ring (bicyclic) bond motifs is 1. The summed E-state index contributed by atoms with van der Waals surface area (Å²) in [6.45, 7) is 7.79. The first-order valence-electron chi connectivity index (χ1n) is 6.07. The molecule has 0 aliphatic heterocycles. The van der Waals surface area contributed by atoms with Crippen molar-refractivity contribution in [3.05, 3.63) is 46.7 Å². The minimum Gasteiger partial charge on any atom is -0.463 e. The van der Waals surface area contributed by atoms with Crippen LogP contribution in [-0.2, 0) is 9.53 Å². The van der Waals surface area contributed by atoms with E-state index in [2.05, 4.69) is 22.5 Å². The molecule has 0 bridgehead atoms. The molecular formula is C15H15BrO3. The summed E-state index contributed by atoms with van der Waals surface area (Å²) in [5.74, 6) is 0.132. The third kappa shape index (κ3) is 2.89. The molecule has 0 amide bonds. The molecule has 1 atom stereocenters. The molecule has 0 saturated heterocycles. The normalized spacial score (nSPS) is 12.4. The molecule has 3 nitrogen and oxygen atoms in total. The fraction of sp³-hybridized carbons (Fsp3) is 0.267. The zero-order valence-electron chi connectivity index (χ0n) is 10.9. The summed E-state index contributed by atoms with van der Waals surface area (Å²) in [6, 6.07) is 7.71. The fourth-order valence-electron chi connectivity index (χ4n) is 1.82. The number of hydrogen-bond donors (Lipinski definition) is 0. The number of carbonyl (C=O) groups excluding carboxylic acids is 1. The van der Waals surface area contributed by atoms with Crippen LogP contribution < -0.4 is 0 Å². The van der Waals surface area contributed by atoms with Gasteiger partial charge in [-0.15, -0.1) is 0 Å². The Balaban J connectivity index is 2.28. The van der Waals surface area contributed by atoms with Gasteiger partial charge < -0.3 is 9.15 Å². The first-order chi connectivity index (χ1) is 9.02. The summed E-state index contributed by atoms with van der Waals surface area (Å²) in [7, 11) is 0. The van der Waals surface area contributed by atoms with E-state index in [1.54, 1.807) is 6.92 Å². The summed E-state index contributed by atoms with van der Waals surface area (Å²) in [6.07, 6.45) is 0. The third-order valence-electron chi connectivity index (χ3n) is 2.98. The van der Waals surface area contributed by atoms with Crippen molar-refractivity contribution in [3.8, 4) is 0 Å². The lowest BCUT2D eigenvalue weighted by Gasteiger charge is -2.10. The molecule has 0 fully saturated rings. The Morgan fingerprint density at radius 3 is 2.89 bits per heavy atom. The Kier molecular flexibility index (Phi) is 4.10. The lowest BCUT2D eigenvalue weighted by Crippen LogP contribution is -2.11. The van der Waals surface area contributed by atoms with Gasteiger partial charge in [0.25, 0.3) is 0 Å². The quantitative estimate of drug-likeness (QED) is 0.618. The number of benzene rings is 1. The number of hydrogen-bond acceptors (Lipinski definition) is 3. The van der Waals surface area contributed by atoms with Gasteiger partial charge in [0.05, 0.1) is 6.61 Å². The van der Waals surface area contributed by atoms with Crippen LogP contribution in [0.15, 0.2) is 45.3 Å². The van der Waals surface area contributed by atoms with Gasteiger partial charge in [-0.2, -0.15) is 0 Å². The topological polar surface area (TPSA) is 39.4 Å². The molecule has 0 aliphatic rings. The van der Waals surface area contributed by atoms with Crippen LogP contribution >= 0.6 is 15.9 Å². The van der Waals surface area contributed by atoms with Crippen LogP contribution in [0.25, 0.3) is 11.0 Å². The Morgan fingerprint density at radius 2 is 2.21 bits per heavy atom. The zero-order valence-corrected chi connectivity index (χ0v) is 12.5. The maximum atomic E-state index is 11.7. The lowest BCUT2D eigenvalue weighted by atomic mass is 10.00. The molecule has 2 aromatic rings. The van der Waals surface area contributed by atoms with Gasteiger partial charge in [-0.25, -0.2) is 4.79 Å². The van der Waals surface area contributed by atoms with E-state index in [1.807, 2.05) is 31.2 Å². The van der Waals surface area contributed by atoms with Crippen LogP contribution in [0, 0.1) is 0 Å². The molecule has 19 heavy (non-hydrogen) atoms. The standard InChI is InChI=1S/C15H15BrO3/c1-4-18-15(17)10(3)9(2)14-8-11-7-12(16)5-6-13(11)19-14/h5-9H,3-4H2,1-2H3/t9-/m1/s1. The van der Waals surface area contributed by atoms with E-state index >= 15 is 0 Å². The van der Waals surface area contributed by atoms with Gasteiger partial charge >= 0.3 is 5.97 Å². The number of halogens is 1. The van der Waals surface area contributed by atoms with Crippen molar-refractivity contribution >= 4 is 32.9 Å². The van der Waals surface area contributed by atoms with Gasteiger partial charge in [0.1, 0.15) is 11.3 Å². The second kappa shape index (κ2) is 5.61. The molecule has 0 N–H and O–H groups in total. The Hall–Kier alpha value is -1.55. The van der Waals surface area contributed by atoms with Crippen LogP contribution in [0.3, 0.4) is 0 Å². The van der Waals surface area contributed by atoms with Crippen molar-refractivity contribution in [1.29, 1.82) is 0 Å². The predicted molar refractivity (Wildman–Crippen MR) is 78.1 cm³/mol. The van der Waals surface area contributed by atoms with E-state index < -0.39 is 0 Å². The molecular weight excluding hydrogens is 308 g/mol. The fourth-order valence-corrected chi connectivity index (χ4v) is 2.20. The highest BCUT2D eigenvalue weighted by molar-refractivity contribution is 9.10. The third-order valence-corrected chi connectivity index (χ3v) is 3.48. The average molecular weight is 323 g/mol. The average Bonchev–Trinajstić information content (AvgIpc) is 2.80. The van der Waals surface area contributed by atoms with Crippen molar-refractivity contribution < 1.29 is 13.9 Å². The monoisotopic (exact) mass is 322 g/mol. The second-order valence-corrected chi connectivity index (χ2v) is 5.21. The molecule has 0 aliphatic carbocycles. The van der Waals surface area contributed by atoms with E-state index in [0.29, 0.717) is 17.9 Å². The van der Waals surface area contributed by atoms with Crippen molar-refractivity contribution in [2.24, 2.45) is 0 Å². The molecule has 1 aromatic carbocycles. The SMILES string of the molecule is C=C(C(=O)OCC)[C@@H](C)c1cc2cc(Br)ccc2o1. The van der Waals surface area contributed by atoms with E-state index in [1.165, 1.54) is 0 Å². The molecule has 0 saturated carbocycles. The first-order valence-corrected chi connectivity index (χ1v) is 6.87. The highest BCUT2D eigenvalue weighted by Gasteiger charge is 2.20.